The molecule has 1 aromatic carbocycles. The third-order valence-electron chi connectivity index (χ3n) is 5.46. The first-order valence-electron chi connectivity index (χ1n) is 10.6. The molecule has 2 aromatic rings. The van der Waals surface area contributed by atoms with E-state index in [0.717, 1.165) is 29.3 Å². The second-order valence-electron chi connectivity index (χ2n) is 7.74. The van der Waals surface area contributed by atoms with Gasteiger partial charge in [0, 0.05) is 25.3 Å². The number of likely N-dealkylation sites (tertiary alicyclic amines) is 1. The summed E-state index contributed by atoms with van der Waals surface area (Å²) < 4.78 is 7.38. The molecule has 0 aliphatic carbocycles. The van der Waals surface area contributed by atoms with Gasteiger partial charge >= 0.3 is 5.97 Å². The summed E-state index contributed by atoms with van der Waals surface area (Å²) in [4.78, 5) is 27.0. The molecule has 1 saturated heterocycles. The van der Waals surface area contributed by atoms with Crippen LogP contribution < -0.4 is 4.74 Å². The Morgan fingerprint density at radius 1 is 1.29 bits per heavy atom. The first-order valence-corrected chi connectivity index (χ1v) is 10.6. The molecule has 0 unspecified atom stereocenters. The van der Waals surface area contributed by atoms with E-state index in [4.69, 9.17) is 14.9 Å². The van der Waals surface area contributed by atoms with E-state index < -0.39 is 18.4 Å². The third kappa shape index (κ3) is 6.28. The van der Waals surface area contributed by atoms with E-state index in [9.17, 15) is 9.59 Å². The van der Waals surface area contributed by atoms with E-state index in [1.807, 2.05) is 24.3 Å². The number of rotatable bonds is 11. The van der Waals surface area contributed by atoms with Crippen molar-refractivity contribution in [3.63, 3.8) is 0 Å². The fraction of sp³-hybridized carbons (Fsp3) is 0.500. The molecule has 2 N–H and O–H groups in total. The lowest BCUT2D eigenvalue weighted by atomic mass is 10.2. The van der Waals surface area contributed by atoms with Crippen LogP contribution in [0.1, 0.15) is 36.5 Å². The van der Waals surface area contributed by atoms with E-state index in [1.165, 1.54) is 25.6 Å². The predicted molar refractivity (Wildman–Crippen MR) is 115 cm³/mol. The van der Waals surface area contributed by atoms with Gasteiger partial charge < -0.3 is 24.7 Å². The number of amides is 1. The van der Waals surface area contributed by atoms with Gasteiger partial charge in [-0.15, -0.1) is 0 Å². The Morgan fingerprint density at radius 2 is 2.06 bits per heavy atom. The van der Waals surface area contributed by atoms with Crippen molar-refractivity contribution < 1.29 is 24.5 Å². The number of carbonyl (C=O) groups excluding carboxylic acids is 1. The average molecular weight is 431 g/mol. The van der Waals surface area contributed by atoms with Crippen molar-refractivity contribution in [1.29, 1.82) is 0 Å². The normalized spacial score (nSPS) is 16.4. The van der Waals surface area contributed by atoms with Gasteiger partial charge in [-0.3, -0.25) is 9.59 Å². The van der Waals surface area contributed by atoms with Crippen molar-refractivity contribution in [1.82, 2.24) is 19.6 Å². The molecule has 2 heterocycles. The number of carboxylic acids is 1. The Labute approximate surface area is 181 Å². The van der Waals surface area contributed by atoms with Gasteiger partial charge in [-0.05, 0) is 57.0 Å². The van der Waals surface area contributed by atoms with Gasteiger partial charge in [-0.2, -0.15) is 5.10 Å². The number of nitrogens with zero attached hydrogens (tertiary/aromatic N) is 4. The molecule has 1 aliphatic heterocycles. The Bertz CT molecular complexity index is 867. The highest BCUT2D eigenvalue weighted by Gasteiger charge is 2.20. The van der Waals surface area contributed by atoms with E-state index >= 15 is 0 Å². The van der Waals surface area contributed by atoms with Crippen LogP contribution in [0.3, 0.4) is 0 Å². The SMILES string of the molecule is C[C@@H]1CCCN1CCCOc1ccc(-n2cc(C(=O)N(CCO)CC(=O)O)cn2)cc1. The number of ether oxygens (including phenoxy) is 1. The van der Waals surface area contributed by atoms with Gasteiger partial charge in [0.05, 0.1) is 30.7 Å². The van der Waals surface area contributed by atoms with Crippen LogP contribution in [0.4, 0.5) is 0 Å². The summed E-state index contributed by atoms with van der Waals surface area (Å²) >= 11 is 0. The van der Waals surface area contributed by atoms with Crippen molar-refractivity contribution in [3.8, 4) is 11.4 Å². The highest BCUT2D eigenvalue weighted by atomic mass is 16.5. The molecule has 0 saturated carbocycles. The monoisotopic (exact) mass is 430 g/mol. The zero-order valence-corrected chi connectivity index (χ0v) is 17.8. The van der Waals surface area contributed by atoms with Gasteiger partial charge in [0.2, 0.25) is 0 Å². The maximum Gasteiger partial charge on any atom is 0.323 e. The maximum atomic E-state index is 12.5. The number of hydrogen-bond donors (Lipinski definition) is 2. The van der Waals surface area contributed by atoms with Crippen molar-refractivity contribution in [2.45, 2.75) is 32.2 Å². The van der Waals surface area contributed by atoms with E-state index in [2.05, 4.69) is 16.9 Å². The Hall–Kier alpha value is -2.91. The zero-order chi connectivity index (χ0) is 22.2. The molecule has 1 amide bonds. The molecule has 1 aliphatic rings. The van der Waals surface area contributed by atoms with Gasteiger partial charge in [-0.25, -0.2) is 4.68 Å². The van der Waals surface area contributed by atoms with Gasteiger partial charge in [0.25, 0.3) is 5.91 Å². The third-order valence-corrected chi connectivity index (χ3v) is 5.46. The smallest absolute Gasteiger partial charge is 0.323 e. The molecule has 0 spiro atoms. The van der Waals surface area contributed by atoms with Crippen LogP contribution in [0.25, 0.3) is 5.69 Å². The second kappa shape index (κ2) is 10.9. The van der Waals surface area contributed by atoms with Crippen molar-refractivity contribution in [2.24, 2.45) is 0 Å². The molecule has 31 heavy (non-hydrogen) atoms. The van der Waals surface area contributed by atoms with Crippen LogP contribution in [0.2, 0.25) is 0 Å². The minimum Gasteiger partial charge on any atom is -0.494 e. The quantitative estimate of drug-likeness (QED) is 0.522. The number of carboxylic acid groups (broad SMARTS) is 1. The molecular weight excluding hydrogens is 400 g/mol. The lowest BCUT2D eigenvalue weighted by Gasteiger charge is -2.20. The Balaban J connectivity index is 1.53. The Morgan fingerprint density at radius 3 is 2.71 bits per heavy atom. The molecule has 1 aromatic heterocycles. The van der Waals surface area contributed by atoms with Crippen LogP contribution in [-0.4, -0.2) is 87.1 Å². The molecule has 0 radical (unpaired) electrons. The second-order valence-corrected chi connectivity index (χ2v) is 7.74. The molecule has 168 valence electrons. The van der Waals surface area contributed by atoms with E-state index in [-0.39, 0.29) is 18.7 Å². The maximum absolute atomic E-state index is 12.5. The lowest BCUT2D eigenvalue weighted by Crippen LogP contribution is -2.37. The Kier molecular flexibility index (Phi) is 8.02. The first kappa shape index (κ1) is 22.8. The van der Waals surface area contributed by atoms with Gasteiger partial charge in [-0.1, -0.05) is 0 Å². The number of aliphatic hydroxyl groups is 1. The fourth-order valence-corrected chi connectivity index (χ4v) is 3.77. The zero-order valence-electron chi connectivity index (χ0n) is 17.8. The topological polar surface area (TPSA) is 108 Å². The predicted octanol–water partition coefficient (Wildman–Crippen LogP) is 1.64. The molecule has 9 nitrogen and oxygen atoms in total. The largest absolute Gasteiger partial charge is 0.494 e. The van der Waals surface area contributed by atoms with Crippen molar-refractivity contribution in [2.75, 3.05) is 39.4 Å². The molecule has 1 atom stereocenters. The highest BCUT2D eigenvalue weighted by Crippen LogP contribution is 2.18. The minimum atomic E-state index is -1.14. The van der Waals surface area contributed by atoms with Crippen LogP contribution >= 0.6 is 0 Å². The highest BCUT2D eigenvalue weighted by molar-refractivity contribution is 5.95. The van der Waals surface area contributed by atoms with Crippen molar-refractivity contribution >= 4 is 11.9 Å². The van der Waals surface area contributed by atoms with Crippen LogP contribution in [0.15, 0.2) is 36.7 Å². The number of aliphatic hydroxyl groups excluding tert-OH is 1. The first-order chi connectivity index (χ1) is 15.0. The standard InChI is InChI=1S/C22H30N4O5/c1-17-4-2-9-24(17)10-3-13-31-20-7-5-19(6-8-20)26-15-18(14-23-26)22(30)25(11-12-27)16-21(28)29/h5-8,14-15,17,27H,2-4,9-13,16H2,1H3,(H,28,29)/t17-/m1/s1. The molecule has 3 rings (SSSR count). The summed E-state index contributed by atoms with van der Waals surface area (Å²) in [6, 6.07) is 8.09. The number of hydrogen-bond acceptors (Lipinski definition) is 6. The van der Waals surface area contributed by atoms with Crippen LogP contribution in [-0.2, 0) is 4.79 Å². The average Bonchev–Trinajstić information content (AvgIpc) is 3.40. The summed E-state index contributed by atoms with van der Waals surface area (Å²) in [5, 5.41) is 22.2. The van der Waals surface area contributed by atoms with Crippen LogP contribution in [0, 0.1) is 0 Å². The van der Waals surface area contributed by atoms with Crippen molar-refractivity contribution in [3.05, 3.63) is 42.2 Å². The number of aliphatic carboxylic acids is 1. The van der Waals surface area contributed by atoms with Crippen LogP contribution in [0.5, 0.6) is 5.75 Å². The molecule has 1 fully saturated rings. The fourth-order valence-electron chi connectivity index (χ4n) is 3.77. The van der Waals surface area contributed by atoms with E-state index in [1.54, 1.807) is 10.9 Å². The minimum absolute atomic E-state index is 0.0565. The molecule has 9 heteroatoms. The number of carbonyl (C=O) groups is 2. The van der Waals surface area contributed by atoms with Gasteiger partial charge in [0.15, 0.2) is 0 Å². The van der Waals surface area contributed by atoms with E-state index in [0.29, 0.717) is 12.6 Å². The summed E-state index contributed by atoms with van der Waals surface area (Å²) in [5.41, 5.74) is 1.01. The van der Waals surface area contributed by atoms with Gasteiger partial charge in [0.1, 0.15) is 12.3 Å². The molecular formula is C22H30N4O5. The lowest BCUT2D eigenvalue weighted by molar-refractivity contribution is -0.137. The summed E-state index contributed by atoms with van der Waals surface area (Å²) in [6.07, 6.45) is 6.47. The number of aromatic nitrogens is 2. The summed E-state index contributed by atoms with van der Waals surface area (Å²) in [7, 11) is 0. The number of benzene rings is 1. The summed E-state index contributed by atoms with van der Waals surface area (Å²) in [6.45, 7) is 4.32. The summed E-state index contributed by atoms with van der Waals surface area (Å²) in [5.74, 6) is -0.855. The molecule has 0 bridgehead atoms.